The van der Waals surface area contributed by atoms with Gasteiger partial charge in [-0.1, -0.05) is 24.3 Å². The SMILES string of the molecule is COc1ccc(C(C)N(C)C(=O)Cc2ccc(N)cc2)cc1.Cl. The van der Waals surface area contributed by atoms with Gasteiger partial charge < -0.3 is 15.4 Å². The van der Waals surface area contributed by atoms with E-state index in [9.17, 15) is 4.79 Å². The van der Waals surface area contributed by atoms with Crippen molar-refractivity contribution in [1.82, 2.24) is 4.90 Å². The van der Waals surface area contributed by atoms with E-state index in [1.807, 2.05) is 62.5 Å². The van der Waals surface area contributed by atoms with Crippen molar-refractivity contribution in [3.05, 3.63) is 59.7 Å². The second-order valence-electron chi connectivity index (χ2n) is 5.37. The summed E-state index contributed by atoms with van der Waals surface area (Å²) in [4.78, 5) is 14.2. The molecule has 0 saturated heterocycles. The summed E-state index contributed by atoms with van der Waals surface area (Å²) in [7, 11) is 3.47. The average molecular weight is 335 g/mol. The number of likely N-dealkylation sites (N-methyl/N-ethyl adjacent to an activating group) is 1. The third-order valence-corrected chi connectivity index (χ3v) is 3.91. The van der Waals surface area contributed by atoms with Crippen LogP contribution in [0.4, 0.5) is 5.69 Å². The Hall–Kier alpha value is -2.20. The molecular formula is C18H23ClN2O2. The minimum absolute atomic E-state index is 0. The summed E-state index contributed by atoms with van der Waals surface area (Å²) in [5, 5.41) is 0. The number of amides is 1. The minimum Gasteiger partial charge on any atom is -0.497 e. The molecule has 0 spiro atoms. The van der Waals surface area contributed by atoms with E-state index in [2.05, 4.69) is 0 Å². The lowest BCUT2D eigenvalue weighted by molar-refractivity contribution is -0.131. The Labute approximate surface area is 143 Å². The fourth-order valence-electron chi connectivity index (χ4n) is 2.26. The Morgan fingerprint density at radius 1 is 1.13 bits per heavy atom. The number of nitrogens with two attached hydrogens (primary N) is 1. The van der Waals surface area contributed by atoms with Crippen LogP contribution in [0.25, 0.3) is 0 Å². The Balaban J connectivity index is 0.00000264. The maximum absolute atomic E-state index is 12.4. The van der Waals surface area contributed by atoms with Crippen molar-refractivity contribution in [3.8, 4) is 5.75 Å². The number of carbonyl (C=O) groups excluding carboxylic acids is 1. The first-order valence-electron chi connectivity index (χ1n) is 7.25. The van der Waals surface area contributed by atoms with Gasteiger partial charge in [-0.05, 0) is 42.3 Å². The van der Waals surface area contributed by atoms with Gasteiger partial charge in [0.25, 0.3) is 0 Å². The Bertz CT molecular complexity index is 626. The number of anilines is 1. The smallest absolute Gasteiger partial charge is 0.227 e. The Morgan fingerprint density at radius 3 is 2.22 bits per heavy atom. The summed E-state index contributed by atoms with van der Waals surface area (Å²) in [6.45, 7) is 2.02. The molecule has 0 aliphatic heterocycles. The van der Waals surface area contributed by atoms with Crippen LogP contribution in [-0.4, -0.2) is 25.0 Å². The van der Waals surface area contributed by atoms with E-state index < -0.39 is 0 Å². The second-order valence-corrected chi connectivity index (χ2v) is 5.37. The summed E-state index contributed by atoms with van der Waals surface area (Å²) in [6.07, 6.45) is 0.372. The van der Waals surface area contributed by atoms with Gasteiger partial charge in [0, 0.05) is 12.7 Å². The third-order valence-electron chi connectivity index (χ3n) is 3.91. The highest BCUT2D eigenvalue weighted by atomic mass is 35.5. The molecule has 0 aliphatic rings. The molecule has 0 fully saturated rings. The van der Waals surface area contributed by atoms with Gasteiger partial charge in [0.05, 0.1) is 19.6 Å². The molecule has 0 saturated carbocycles. The van der Waals surface area contributed by atoms with E-state index in [1.54, 1.807) is 12.0 Å². The van der Waals surface area contributed by atoms with Gasteiger partial charge in [-0.15, -0.1) is 12.4 Å². The van der Waals surface area contributed by atoms with Crippen LogP contribution in [0, 0.1) is 0 Å². The van der Waals surface area contributed by atoms with E-state index in [1.165, 1.54) is 0 Å². The predicted octanol–water partition coefficient (Wildman–Crippen LogP) is 3.46. The zero-order chi connectivity index (χ0) is 16.1. The summed E-state index contributed by atoms with van der Waals surface area (Å²) >= 11 is 0. The molecule has 1 atom stereocenters. The molecule has 0 aliphatic carbocycles. The van der Waals surface area contributed by atoms with Crippen molar-refractivity contribution < 1.29 is 9.53 Å². The molecule has 23 heavy (non-hydrogen) atoms. The lowest BCUT2D eigenvalue weighted by atomic mass is 10.1. The summed E-state index contributed by atoms with van der Waals surface area (Å²) in [6, 6.07) is 15.2. The molecule has 2 aromatic rings. The van der Waals surface area contributed by atoms with Crippen molar-refractivity contribution >= 4 is 24.0 Å². The van der Waals surface area contributed by atoms with Crippen LogP contribution in [0.3, 0.4) is 0 Å². The number of ether oxygens (including phenoxy) is 1. The molecule has 0 aromatic heterocycles. The van der Waals surface area contributed by atoms with Gasteiger partial charge in [-0.3, -0.25) is 4.79 Å². The van der Waals surface area contributed by atoms with Gasteiger partial charge in [-0.25, -0.2) is 0 Å². The molecule has 1 amide bonds. The normalized spacial score (nSPS) is 11.3. The number of carbonyl (C=O) groups is 1. The Kier molecular flexibility index (Phi) is 6.91. The number of nitrogen functional groups attached to an aromatic ring is 1. The van der Waals surface area contributed by atoms with Crippen molar-refractivity contribution in [2.45, 2.75) is 19.4 Å². The van der Waals surface area contributed by atoms with Gasteiger partial charge in [-0.2, -0.15) is 0 Å². The van der Waals surface area contributed by atoms with Crippen molar-refractivity contribution in [2.24, 2.45) is 0 Å². The molecule has 1 unspecified atom stereocenters. The number of halogens is 1. The number of methoxy groups -OCH3 is 1. The van der Waals surface area contributed by atoms with Crippen LogP contribution in [0.5, 0.6) is 5.75 Å². The van der Waals surface area contributed by atoms with Crippen molar-refractivity contribution in [3.63, 3.8) is 0 Å². The first kappa shape index (κ1) is 18.8. The molecule has 0 radical (unpaired) electrons. The molecule has 0 heterocycles. The monoisotopic (exact) mass is 334 g/mol. The van der Waals surface area contributed by atoms with Crippen LogP contribution in [0.1, 0.15) is 24.1 Å². The first-order valence-corrected chi connectivity index (χ1v) is 7.25. The second kappa shape index (κ2) is 8.44. The zero-order valence-corrected chi connectivity index (χ0v) is 14.5. The third kappa shape index (κ3) is 4.89. The first-order chi connectivity index (χ1) is 10.5. The summed E-state index contributed by atoms with van der Waals surface area (Å²) in [5.74, 6) is 0.889. The highest BCUT2D eigenvalue weighted by Crippen LogP contribution is 2.22. The average Bonchev–Trinajstić information content (AvgIpc) is 2.55. The molecule has 0 bridgehead atoms. The number of benzene rings is 2. The standard InChI is InChI=1S/C18H22N2O2.ClH/c1-13(15-6-10-17(22-3)11-7-15)20(2)18(21)12-14-4-8-16(19)9-5-14;/h4-11,13H,12,19H2,1-3H3;1H. The van der Waals surface area contributed by atoms with Crippen molar-refractivity contribution in [1.29, 1.82) is 0 Å². The van der Waals surface area contributed by atoms with Crippen LogP contribution in [0.15, 0.2) is 48.5 Å². The number of rotatable bonds is 5. The van der Waals surface area contributed by atoms with Gasteiger partial charge in [0.15, 0.2) is 0 Å². The molecule has 4 nitrogen and oxygen atoms in total. The number of hydrogen-bond donors (Lipinski definition) is 1. The lowest BCUT2D eigenvalue weighted by Crippen LogP contribution is -2.30. The van der Waals surface area contributed by atoms with Crippen molar-refractivity contribution in [2.75, 3.05) is 19.9 Å². The molecule has 2 N–H and O–H groups in total. The number of hydrogen-bond acceptors (Lipinski definition) is 3. The Morgan fingerprint density at radius 2 is 1.70 bits per heavy atom. The highest BCUT2D eigenvalue weighted by molar-refractivity contribution is 5.85. The maximum Gasteiger partial charge on any atom is 0.227 e. The van der Waals surface area contributed by atoms with E-state index in [-0.39, 0.29) is 24.4 Å². The van der Waals surface area contributed by atoms with Gasteiger partial charge in [0.2, 0.25) is 5.91 Å². The quantitative estimate of drug-likeness (QED) is 0.852. The maximum atomic E-state index is 12.4. The molecule has 2 aromatic carbocycles. The number of nitrogens with zero attached hydrogens (tertiary/aromatic N) is 1. The fraction of sp³-hybridized carbons (Fsp3) is 0.278. The predicted molar refractivity (Wildman–Crippen MR) is 96.0 cm³/mol. The van der Waals surface area contributed by atoms with E-state index in [0.29, 0.717) is 12.1 Å². The highest BCUT2D eigenvalue weighted by Gasteiger charge is 2.17. The van der Waals surface area contributed by atoms with E-state index in [0.717, 1.165) is 16.9 Å². The lowest BCUT2D eigenvalue weighted by Gasteiger charge is -2.25. The molecule has 124 valence electrons. The summed E-state index contributed by atoms with van der Waals surface area (Å²) < 4.78 is 5.15. The van der Waals surface area contributed by atoms with Crippen LogP contribution in [-0.2, 0) is 11.2 Å². The van der Waals surface area contributed by atoms with E-state index >= 15 is 0 Å². The van der Waals surface area contributed by atoms with Gasteiger partial charge >= 0.3 is 0 Å². The molecule has 5 heteroatoms. The molecular weight excluding hydrogens is 312 g/mol. The minimum atomic E-state index is 0. The van der Waals surface area contributed by atoms with E-state index in [4.69, 9.17) is 10.5 Å². The topological polar surface area (TPSA) is 55.6 Å². The largest absolute Gasteiger partial charge is 0.497 e. The fourth-order valence-corrected chi connectivity index (χ4v) is 2.26. The van der Waals surface area contributed by atoms with Crippen LogP contribution >= 0.6 is 12.4 Å². The van der Waals surface area contributed by atoms with Gasteiger partial charge in [0.1, 0.15) is 5.75 Å². The summed E-state index contributed by atoms with van der Waals surface area (Å²) in [5.41, 5.74) is 8.41. The molecule has 2 rings (SSSR count). The van der Waals surface area contributed by atoms with Crippen LogP contribution < -0.4 is 10.5 Å². The zero-order valence-electron chi connectivity index (χ0n) is 13.7. The van der Waals surface area contributed by atoms with Crippen LogP contribution in [0.2, 0.25) is 0 Å².